The second kappa shape index (κ2) is 9.44. The van der Waals surface area contributed by atoms with Crippen molar-refractivity contribution in [3.8, 4) is 33.4 Å². The molecule has 0 N–H and O–H groups in total. The highest BCUT2D eigenvalue weighted by Crippen LogP contribution is 2.58. The van der Waals surface area contributed by atoms with E-state index in [1.807, 2.05) is 0 Å². The fourth-order valence-electron chi connectivity index (χ4n) is 8.87. The van der Waals surface area contributed by atoms with Gasteiger partial charge in [0.15, 0.2) is 0 Å². The van der Waals surface area contributed by atoms with Gasteiger partial charge in [0.1, 0.15) is 11.2 Å². The molecule has 2 aliphatic carbocycles. The number of furan rings is 1. The highest BCUT2D eigenvalue weighted by Gasteiger charge is 2.46. The number of benzene rings is 7. The third-order valence-corrected chi connectivity index (χ3v) is 11.0. The third kappa shape index (κ3) is 3.44. The lowest BCUT2D eigenvalue weighted by atomic mass is 9.67. The Labute approximate surface area is 274 Å². The van der Waals surface area contributed by atoms with Crippen molar-refractivity contribution in [1.29, 1.82) is 0 Å². The molecule has 0 radical (unpaired) electrons. The van der Waals surface area contributed by atoms with E-state index >= 15 is 0 Å². The predicted octanol–water partition coefficient (Wildman–Crippen LogP) is 11.9. The summed E-state index contributed by atoms with van der Waals surface area (Å²) in [6, 6.07) is 58.0. The van der Waals surface area contributed by atoms with Crippen molar-refractivity contribution in [2.24, 2.45) is 0 Å². The Balaban J connectivity index is 1.25. The highest BCUT2D eigenvalue weighted by atomic mass is 16.3. The maximum atomic E-state index is 6.79. The molecule has 0 bridgehead atoms. The molecule has 8 aromatic rings. The van der Waals surface area contributed by atoms with Gasteiger partial charge in [0.05, 0.1) is 5.41 Å². The Morgan fingerprint density at radius 3 is 1.72 bits per heavy atom. The van der Waals surface area contributed by atoms with Crippen molar-refractivity contribution in [3.63, 3.8) is 0 Å². The molecule has 222 valence electrons. The molecule has 2 aliphatic rings. The smallest absolute Gasteiger partial charge is 0.136 e. The first-order valence-corrected chi connectivity index (χ1v) is 16.5. The Hall–Kier alpha value is -5.66. The number of rotatable bonds is 3. The first kappa shape index (κ1) is 26.5. The summed E-state index contributed by atoms with van der Waals surface area (Å²) >= 11 is 0. The SMILES string of the molecule is CC1(C)c2ccccc2-c2ccc(-c3cccc4oc5cc6c(cc5c34)-c3ccccc3C6(c3ccccc3)c3ccccc3)cc21. The van der Waals surface area contributed by atoms with Crippen molar-refractivity contribution in [3.05, 3.63) is 191 Å². The van der Waals surface area contributed by atoms with Crippen LogP contribution in [-0.4, -0.2) is 0 Å². The second-order valence-electron chi connectivity index (χ2n) is 13.6. The zero-order valence-electron chi connectivity index (χ0n) is 26.4. The number of hydrogen-bond acceptors (Lipinski definition) is 1. The minimum Gasteiger partial charge on any atom is -0.456 e. The minimum absolute atomic E-state index is 0.0585. The first-order chi connectivity index (χ1) is 23.1. The molecule has 0 unspecified atom stereocenters. The lowest BCUT2D eigenvalue weighted by molar-refractivity contribution is 0.660. The summed E-state index contributed by atoms with van der Waals surface area (Å²) in [6.07, 6.45) is 0. The van der Waals surface area contributed by atoms with Crippen LogP contribution in [0.15, 0.2) is 162 Å². The van der Waals surface area contributed by atoms with Gasteiger partial charge in [-0.1, -0.05) is 147 Å². The van der Waals surface area contributed by atoms with Gasteiger partial charge in [0, 0.05) is 16.2 Å². The van der Waals surface area contributed by atoms with Crippen molar-refractivity contribution in [1.82, 2.24) is 0 Å². The monoisotopic (exact) mass is 600 g/mol. The van der Waals surface area contributed by atoms with Gasteiger partial charge in [0.2, 0.25) is 0 Å². The molecule has 0 atom stereocenters. The molecular formula is C46H32O. The Bertz CT molecular complexity index is 2490. The average molecular weight is 601 g/mol. The molecule has 10 rings (SSSR count). The maximum absolute atomic E-state index is 6.79. The van der Waals surface area contributed by atoms with E-state index in [0.717, 1.165) is 16.6 Å². The van der Waals surface area contributed by atoms with Gasteiger partial charge in [-0.15, -0.1) is 0 Å². The van der Waals surface area contributed by atoms with Gasteiger partial charge in [-0.25, -0.2) is 0 Å². The predicted molar refractivity (Wildman–Crippen MR) is 194 cm³/mol. The standard InChI is InChI=1S/C46H32O/c1-45(2)38-21-11-9-18-33(38)35-25-24-29(26-40(35)45)32-20-13-23-42-44(32)37-27-36-34-19-10-12-22-39(34)46(30-14-5-3-6-15-30,31-16-7-4-8-17-31)41(36)28-43(37)47-42/h3-28H,1-2H3. The maximum Gasteiger partial charge on any atom is 0.136 e. The van der Waals surface area contributed by atoms with Crippen LogP contribution in [0, 0.1) is 0 Å². The Morgan fingerprint density at radius 2 is 1.00 bits per heavy atom. The molecule has 0 spiro atoms. The minimum atomic E-state index is -0.453. The fourth-order valence-corrected chi connectivity index (χ4v) is 8.87. The van der Waals surface area contributed by atoms with Crippen molar-refractivity contribution < 1.29 is 4.42 Å². The summed E-state index contributed by atoms with van der Waals surface area (Å²) in [6.45, 7) is 4.70. The van der Waals surface area contributed by atoms with Crippen LogP contribution < -0.4 is 0 Å². The molecule has 7 aromatic carbocycles. The molecule has 1 nitrogen and oxygen atoms in total. The zero-order valence-corrected chi connectivity index (χ0v) is 26.4. The summed E-state index contributed by atoms with van der Waals surface area (Å²) < 4.78 is 6.79. The molecule has 1 heterocycles. The van der Waals surface area contributed by atoms with Crippen LogP contribution in [-0.2, 0) is 10.8 Å². The molecule has 1 aromatic heterocycles. The lowest BCUT2D eigenvalue weighted by Gasteiger charge is -2.33. The van der Waals surface area contributed by atoms with E-state index in [1.165, 1.54) is 72.1 Å². The van der Waals surface area contributed by atoms with Crippen LogP contribution in [0.3, 0.4) is 0 Å². The van der Waals surface area contributed by atoms with Crippen LogP contribution in [0.4, 0.5) is 0 Å². The van der Waals surface area contributed by atoms with E-state index in [2.05, 4.69) is 172 Å². The van der Waals surface area contributed by atoms with E-state index < -0.39 is 5.41 Å². The quantitative estimate of drug-likeness (QED) is 0.197. The first-order valence-electron chi connectivity index (χ1n) is 16.5. The normalized spacial score (nSPS) is 14.9. The van der Waals surface area contributed by atoms with Crippen molar-refractivity contribution in [2.45, 2.75) is 24.7 Å². The molecule has 0 saturated carbocycles. The van der Waals surface area contributed by atoms with Crippen LogP contribution in [0.2, 0.25) is 0 Å². The molecule has 47 heavy (non-hydrogen) atoms. The van der Waals surface area contributed by atoms with Crippen LogP contribution in [0.25, 0.3) is 55.3 Å². The summed E-state index contributed by atoms with van der Waals surface area (Å²) in [5.74, 6) is 0. The Morgan fingerprint density at radius 1 is 0.404 bits per heavy atom. The van der Waals surface area contributed by atoms with Crippen molar-refractivity contribution in [2.75, 3.05) is 0 Å². The molecule has 0 aliphatic heterocycles. The van der Waals surface area contributed by atoms with Crippen LogP contribution in [0.5, 0.6) is 0 Å². The zero-order chi connectivity index (χ0) is 31.3. The van der Waals surface area contributed by atoms with Gasteiger partial charge in [0.25, 0.3) is 0 Å². The topological polar surface area (TPSA) is 13.1 Å². The molecular weight excluding hydrogens is 569 g/mol. The van der Waals surface area contributed by atoms with Gasteiger partial charge in [-0.05, 0) is 91.0 Å². The fraction of sp³-hybridized carbons (Fsp3) is 0.0870. The van der Waals surface area contributed by atoms with Gasteiger partial charge in [-0.3, -0.25) is 0 Å². The van der Waals surface area contributed by atoms with E-state index in [0.29, 0.717) is 0 Å². The second-order valence-corrected chi connectivity index (χ2v) is 13.6. The van der Waals surface area contributed by atoms with Crippen molar-refractivity contribution >= 4 is 21.9 Å². The average Bonchev–Trinajstić information content (AvgIpc) is 3.71. The summed E-state index contributed by atoms with van der Waals surface area (Å²) in [5.41, 5.74) is 16.9. The van der Waals surface area contributed by atoms with Gasteiger partial charge in [-0.2, -0.15) is 0 Å². The summed E-state index contributed by atoms with van der Waals surface area (Å²) in [7, 11) is 0. The third-order valence-electron chi connectivity index (χ3n) is 11.0. The van der Waals surface area contributed by atoms with E-state index in [4.69, 9.17) is 4.42 Å². The van der Waals surface area contributed by atoms with Crippen LogP contribution in [0.1, 0.15) is 47.2 Å². The number of fused-ring (bicyclic) bond motifs is 9. The van der Waals surface area contributed by atoms with Gasteiger partial charge >= 0.3 is 0 Å². The lowest BCUT2D eigenvalue weighted by Crippen LogP contribution is -2.28. The van der Waals surface area contributed by atoms with E-state index in [1.54, 1.807) is 0 Å². The molecule has 0 fully saturated rings. The summed E-state index contributed by atoms with van der Waals surface area (Å²) in [4.78, 5) is 0. The summed E-state index contributed by atoms with van der Waals surface area (Å²) in [5, 5.41) is 2.33. The van der Waals surface area contributed by atoms with Crippen LogP contribution >= 0.6 is 0 Å². The highest BCUT2D eigenvalue weighted by molar-refractivity contribution is 6.14. The molecule has 1 heteroatoms. The van der Waals surface area contributed by atoms with E-state index in [9.17, 15) is 0 Å². The molecule has 0 amide bonds. The Kier molecular flexibility index (Phi) is 5.33. The van der Waals surface area contributed by atoms with Gasteiger partial charge < -0.3 is 4.42 Å². The molecule has 0 saturated heterocycles. The largest absolute Gasteiger partial charge is 0.456 e. The number of hydrogen-bond donors (Lipinski definition) is 0. The van der Waals surface area contributed by atoms with E-state index in [-0.39, 0.29) is 5.41 Å².